The van der Waals surface area contributed by atoms with Gasteiger partial charge in [0.1, 0.15) is 4.90 Å². The highest BCUT2D eigenvalue weighted by Crippen LogP contribution is 2.39. The van der Waals surface area contributed by atoms with Crippen molar-refractivity contribution in [3.63, 3.8) is 0 Å². The van der Waals surface area contributed by atoms with E-state index in [4.69, 9.17) is 23.2 Å². The van der Waals surface area contributed by atoms with Crippen molar-refractivity contribution in [1.82, 2.24) is 9.97 Å². The number of anilines is 2. The van der Waals surface area contributed by atoms with E-state index in [1.807, 2.05) is 0 Å². The molecule has 0 saturated carbocycles. The maximum atomic E-state index is 12.5. The highest BCUT2D eigenvalue weighted by molar-refractivity contribution is 7.92. The highest BCUT2D eigenvalue weighted by atomic mass is 35.5. The third-order valence-corrected chi connectivity index (χ3v) is 7.11. The summed E-state index contributed by atoms with van der Waals surface area (Å²) in [5.41, 5.74) is 0.422. The van der Waals surface area contributed by atoms with Crippen molar-refractivity contribution in [2.45, 2.75) is 24.0 Å². The maximum Gasteiger partial charge on any atom is 0.252 e. The molecule has 3 aromatic rings. The molecule has 29 heavy (non-hydrogen) atoms. The van der Waals surface area contributed by atoms with Crippen LogP contribution in [0.1, 0.15) is 13.8 Å². The standard InChI is InChI=1S/C19H17Cl2N3O4S/c1-10(2)29(27,28)18-13(21)7-8-14(17(18)26)22-19-23-15(9-16(25)24-19)11-5-3-4-6-12(11)20/h3-10,26H,1-2H3,(H2,22,23,24,25). The third kappa shape index (κ3) is 4.24. The molecule has 0 aliphatic carbocycles. The summed E-state index contributed by atoms with van der Waals surface area (Å²) in [7, 11) is -3.85. The molecule has 0 fully saturated rings. The predicted molar refractivity (Wildman–Crippen MR) is 114 cm³/mol. The number of nitrogens with one attached hydrogen (secondary N) is 2. The second-order valence-electron chi connectivity index (χ2n) is 6.45. The van der Waals surface area contributed by atoms with Crippen molar-refractivity contribution >= 4 is 44.7 Å². The molecule has 3 N–H and O–H groups in total. The molecular formula is C19H17Cl2N3O4S. The number of phenolic OH excluding ortho intramolecular Hbond substituents is 1. The number of H-pyrrole nitrogens is 1. The molecule has 0 unspecified atom stereocenters. The zero-order valence-corrected chi connectivity index (χ0v) is 17.7. The van der Waals surface area contributed by atoms with Crippen LogP contribution in [-0.4, -0.2) is 28.7 Å². The van der Waals surface area contributed by atoms with Crippen LogP contribution in [0.5, 0.6) is 5.75 Å². The number of aromatic nitrogens is 2. The first-order valence-electron chi connectivity index (χ1n) is 8.50. The van der Waals surface area contributed by atoms with Gasteiger partial charge in [-0.1, -0.05) is 41.4 Å². The van der Waals surface area contributed by atoms with E-state index in [0.717, 1.165) is 0 Å². The van der Waals surface area contributed by atoms with Crippen LogP contribution >= 0.6 is 23.2 Å². The summed E-state index contributed by atoms with van der Waals surface area (Å²) < 4.78 is 25.1. The maximum absolute atomic E-state index is 12.5. The van der Waals surface area contributed by atoms with Gasteiger partial charge in [0.25, 0.3) is 5.56 Å². The van der Waals surface area contributed by atoms with Gasteiger partial charge in [-0.3, -0.25) is 9.78 Å². The zero-order chi connectivity index (χ0) is 21.3. The smallest absolute Gasteiger partial charge is 0.252 e. The largest absolute Gasteiger partial charge is 0.504 e. The summed E-state index contributed by atoms with van der Waals surface area (Å²) in [4.78, 5) is 18.5. The Morgan fingerprint density at radius 1 is 1.10 bits per heavy atom. The van der Waals surface area contributed by atoms with Gasteiger partial charge in [0.15, 0.2) is 15.6 Å². The monoisotopic (exact) mass is 453 g/mol. The summed E-state index contributed by atoms with van der Waals surface area (Å²) in [6.07, 6.45) is 0. The van der Waals surface area contributed by atoms with Gasteiger partial charge >= 0.3 is 0 Å². The second-order valence-corrected chi connectivity index (χ2v) is 9.71. The molecule has 1 heterocycles. The van der Waals surface area contributed by atoms with Crippen LogP contribution in [0.4, 0.5) is 11.6 Å². The Bertz CT molecular complexity index is 1240. The highest BCUT2D eigenvalue weighted by Gasteiger charge is 2.28. The summed E-state index contributed by atoms with van der Waals surface area (Å²) in [5.74, 6) is -0.560. The molecule has 152 valence electrons. The van der Waals surface area contributed by atoms with Crippen LogP contribution < -0.4 is 10.9 Å². The van der Waals surface area contributed by atoms with Gasteiger partial charge in [0.05, 0.1) is 21.7 Å². The number of aromatic amines is 1. The van der Waals surface area contributed by atoms with Crippen LogP contribution in [-0.2, 0) is 9.84 Å². The average molecular weight is 454 g/mol. The van der Waals surface area contributed by atoms with Crippen LogP contribution in [0.2, 0.25) is 10.0 Å². The molecule has 10 heteroatoms. The van der Waals surface area contributed by atoms with Gasteiger partial charge in [0, 0.05) is 16.7 Å². The number of hydrogen-bond donors (Lipinski definition) is 3. The van der Waals surface area contributed by atoms with E-state index in [2.05, 4.69) is 15.3 Å². The molecule has 0 amide bonds. The molecule has 3 rings (SSSR count). The average Bonchev–Trinajstić information content (AvgIpc) is 2.64. The van der Waals surface area contributed by atoms with Gasteiger partial charge < -0.3 is 10.4 Å². The molecule has 7 nitrogen and oxygen atoms in total. The number of rotatable bonds is 5. The fourth-order valence-corrected chi connectivity index (χ4v) is 4.50. The Hall–Kier alpha value is -2.55. The summed E-state index contributed by atoms with van der Waals surface area (Å²) in [5, 5.41) is 12.8. The first-order valence-corrected chi connectivity index (χ1v) is 10.8. The molecule has 0 atom stereocenters. The fourth-order valence-electron chi connectivity index (χ4n) is 2.61. The summed E-state index contributed by atoms with van der Waals surface area (Å²) in [6.45, 7) is 2.97. The van der Waals surface area contributed by atoms with Crippen molar-refractivity contribution in [3.8, 4) is 17.0 Å². The minimum absolute atomic E-state index is 0.00191. The number of hydrogen-bond acceptors (Lipinski definition) is 6. The van der Waals surface area contributed by atoms with E-state index < -0.39 is 26.4 Å². The molecule has 0 radical (unpaired) electrons. The van der Waals surface area contributed by atoms with Gasteiger partial charge in [-0.25, -0.2) is 13.4 Å². The van der Waals surface area contributed by atoms with Crippen molar-refractivity contribution < 1.29 is 13.5 Å². The first-order chi connectivity index (χ1) is 13.6. The molecule has 0 saturated heterocycles. The van der Waals surface area contributed by atoms with Crippen molar-refractivity contribution in [2.75, 3.05) is 5.32 Å². The molecule has 0 aliphatic rings. The SMILES string of the molecule is CC(C)S(=O)(=O)c1c(Cl)ccc(Nc2nc(-c3ccccc3Cl)cc(=O)[nH]2)c1O. The van der Waals surface area contributed by atoms with Gasteiger partial charge in [-0.05, 0) is 32.0 Å². The van der Waals surface area contributed by atoms with Crippen LogP contribution in [0.15, 0.2) is 52.2 Å². The summed E-state index contributed by atoms with van der Waals surface area (Å²) >= 11 is 12.2. The lowest BCUT2D eigenvalue weighted by Crippen LogP contribution is -2.15. The van der Waals surface area contributed by atoms with E-state index in [1.165, 1.54) is 32.0 Å². The number of benzene rings is 2. The van der Waals surface area contributed by atoms with E-state index in [0.29, 0.717) is 16.3 Å². The molecular weight excluding hydrogens is 437 g/mol. The third-order valence-electron chi connectivity index (χ3n) is 4.13. The second kappa shape index (κ2) is 8.06. The van der Waals surface area contributed by atoms with E-state index >= 15 is 0 Å². The number of aromatic hydroxyl groups is 1. The Morgan fingerprint density at radius 2 is 1.79 bits per heavy atom. The molecule has 0 spiro atoms. The molecule has 0 bridgehead atoms. The predicted octanol–water partition coefficient (Wildman–Crippen LogP) is 4.38. The van der Waals surface area contributed by atoms with Gasteiger partial charge in [-0.15, -0.1) is 0 Å². The fraction of sp³-hybridized carbons (Fsp3) is 0.158. The Labute approximate surface area is 177 Å². The normalized spacial score (nSPS) is 11.6. The van der Waals surface area contributed by atoms with Gasteiger partial charge in [0.2, 0.25) is 5.95 Å². The lowest BCUT2D eigenvalue weighted by atomic mass is 10.1. The van der Waals surface area contributed by atoms with Crippen LogP contribution in [0.3, 0.4) is 0 Å². The topological polar surface area (TPSA) is 112 Å². The van der Waals surface area contributed by atoms with Crippen molar-refractivity contribution in [1.29, 1.82) is 0 Å². The number of halogens is 2. The Morgan fingerprint density at radius 3 is 2.45 bits per heavy atom. The van der Waals surface area contributed by atoms with Crippen molar-refractivity contribution in [3.05, 3.63) is 62.9 Å². The number of phenols is 1. The molecule has 2 aromatic carbocycles. The lowest BCUT2D eigenvalue weighted by molar-refractivity contribution is 0.460. The Balaban J connectivity index is 2.08. The molecule has 0 aliphatic heterocycles. The Kier molecular flexibility index (Phi) is 5.88. The summed E-state index contributed by atoms with van der Waals surface area (Å²) in [6, 6.07) is 10.9. The van der Waals surface area contributed by atoms with Gasteiger partial charge in [-0.2, -0.15) is 0 Å². The van der Waals surface area contributed by atoms with Crippen LogP contribution in [0, 0.1) is 0 Å². The molecule has 1 aromatic heterocycles. The number of nitrogens with zero attached hydrogens (tertiary/aromatic N) is 1. The minimum atomic E-state index is -3.85. The van der Waals surface area contributed by atoms with Crippen molar-refractivity contribution in [2.24, 2.45) is 0 Å². The van der Waals surface area contributed by atoms with E-state index in [9.17, 15) is 18.3 Å². The first kappa shape index (κ1) is 21.2. The minimum Gasteiger partial charge on any atom is -0.504 e. The van der Waals surface area contributed by atoms with Crippen LogP contribution in [0.25, 0.3) is 11.3 Å². The van der Waals surface area contributed by atoms with E-state index in [1.54, 1.807) is 24.3 Å². The quantitative estimate of drug-likeness (QED) is 0.494. The number of sulfone groups is 1. The van der Waals surface area contributed by atoms with E-state index in [-0.39, 0.29) is 21.6 Å². The lowest BCUT2D eigenvalue weighted by Gasteiger charge is -2.15. The zero-order valence-electron chi connectivity index (χ0n) is 15.4.